The van der Waals surface area contributed by atoms with E-state index >= 15 is 0 Å². The van der Waals surface area contributed by atoms with Crippen molar-refractivity contribution in [1.82, 2.24) is 25.9 Å². The summed E-state index contributed by atoms with van der Waals surface area (Å²) >= 11 is 1.34. The van der Waals surface area contributed by atoms with Crippen LogP contribution in [0.4, 0.5) is 0 Å². The van der Waals surface area contributed by atoms with Crippen LogP contribution in [0, 0.1) is 13.8 Å². The molecule has 1 aromatic carbocycles. The number of amides is 1. The third-order valence-corrected chi connectivity index (χ3v) is 5.18. The zero-order valence-electron chi connectivity index (χ0n) is 17.4. The third kappa shape index (κ3) is 5.90. The first-order valence-electron chi connectivity index (χ1n) is 9.78. The van der Waals surface area contributed by atoms with Crippen LogP contribution in [0.5, 0.6) is 0 Å². The summed E-state index contributed by atoms with van der Waals surface area (Å²) in [5.41, 5.74) is 5.30. The highest BCUT2D eigenvalue weighted by atomic mass is 32.1. The van der Waals surface area contributed by atoms with Crippen molar-refractivity contribution in [3.63, 3.8) is 0 Å². The molecule has 0 aliphatic rings. The summed E-state index contributed by atoms with van der Waals surface area (Å²) in [4.78, 5) is 25.9. The Morgan fingerprint density at radius 1 is 1.13 bits per heavy atom. The first kappa shape index (κ1) is 21.5. The second-order valence-corrected chi connectivity index (χ2v) is 7.51. The minimum Gasteiger partial charge on any atom is -0.444 e. The lowest BCUT2D eigenvalue weighted by Crippen LogP contribution is -2.41. The molecule has 0 saturated heterocycles. The maximum absolute atomic E-state index is 12.1. The van der Waals surface area contributed by atoms with Crippen molar-refractivity contribution >= 4 is 23.2 Å². The highest BCUT2D eigenvalue weighted by Crippen LogP contribution is 2.19. The first-order valence-corrected chi connectivity index (χ1v) is 10.7. The Bertz CT molecular complexity index is 993. The molecule has 3 aromatic rings. The Balaban J connectivity index is 1.50. The van der Waals surface area contributed by atoms with E-state index in [-0.39, 0.29) is 5.91 Å². The Morgan fingerprint density at radius 2 is 1.90 bits per heavy atom. The second kappa shape index (κ2) is 10.5. The standard InChI is InChI=1S/C21H26N6O2S/c1-4-22-21(24-10-9-23-19(28)18-15(3)26-13-30-18)25-11-17-12-29-20(27-17)16-7-5-14(2)6-8-16/h5-8,12-13H,4,9-11H2,1-3H3,(H,23,28)(H2,22,24,25). The van der Waals surface area contributed by atoms with Crippen molar-refractivity contribution in [2.45, 2.75) is 27.3 Å². The fourth-order valence-corrected chi connectivity index (χ4v) is 3.39. The molecule has 3 rings (SSSR count). The largest absolute Gasteiger partial charge is 0.444 e. The van der Waals surface area contributed by atoms with Gasteiger partial charge in [-0.15, -0.1) is 11.3 Å². The van der Waals surface area contributed by atoms with Crippen LogP contribution in [0.1, 0.15) is 33.5 Å². The predicted octanol–water partition coefficient (Wildman–Crippen LogP) is 2.90. The van der Waals surface area contributed by atoms with Crippen LogP contribution in [0.25, 0.3) is 11.5 Å². The fraction of sp³-hybridized carbons (Fsp3) is 0.333. The van der Waals surface area contributed by atoms with Crippen molar-refractivity contribution < 1.29 is 9.21 Å². The Labute approximate surface area is 179 Å². The minimum absolute atomic E-state index is 0.107. The maximum Gasteiger partial charge on any atom is 0.263 e. The lowest BCUT2D eigenvalue weighted by Gasteiger charge is -2.11. The molecule has 30 heavy (non-hydrogen) atoms. The van der Waals surface area contributed by atoms with Crippen LogP contribution < -0.4 is 16.0 Å². The van der Waals surface area contributed by atoms with Gasteiger partial charge in [-0.3, -0.25) is 4.79 Å². The van der Waals surface area contributed by atoms with Crippen LogP contribution in [0.15, 0.2) is 45.4 Å². The number of aromatic nitrogens is 2. The number of nitrogens with zero attached hydrogens (tertiary/aromatic N) is 3. The number of thiazole rings is 1. The third-order valence-electron chi connectivity index (χ3n) is 4.25. The first-order chi connectivity index (χ1) is 14.6. The molecule has 0 radical (unpaired) electrons. The summed E-state index contributed by atoms with van der Waals surface area (Å²) in [6.07, 6.45) is 1.62. The van der Waals surface area contributed by atoms with Gasteiger partial charge in [0, 0.05) is 25.2 Å². The van der Waals surface area contributed by atoms with Crippen LogP contribution >= 0.6 is 11.3 Å². The molecular formula is C21H26N6O2S. The number of carbonyl (C=O) groups excluding carboxylic acids is 1. The van der Waals surface area contributed by atoms with E-state index in [0.717, 1.165) is 23.5 Å². The van der Waals surface area contributed by atoms with Gasteiger partial charge in [0.25, 0.3) is 5.91 Å². The van der Waals surface area contributed by atoms with Crippen molar-refractivity contribution in [3.8, 4) is 11.5 Å². The van der Waals surface area contributed by atoms with E-state index in [1.54, 1.807) is 11.8 Å². The molecule has 1 amide bonds. The molecule has 8 nitrogen and oxygen atoms in total. The number of aliphatic imine (C=N–C) groups is 1. The molecule has 158 valence electrons. The Hall–Kier alpha value is -3.20. The normalized spacial score (nSPS) is 11.4. The van der Waals surface area contributed by atoms with E-state index in [2.05, 4.69) is 30.9 Å². The molecular weight excluding hydrogens is 400 g/mol. The predicted molar refractivity (Wildman–Crippen MR) is 119 cm³/mol. The van der Waals surface area contributed by atoms with Gasteiger partial charge in [0.2, 0.25) is 5.89 Å². The lowest BCUT2D eigenvalue weighted by molar-refractivity contribution is 0.0957. The van der Waals surface area contributed by atoms with Crippen molar-refractivity contribution in [2.75, 3.05) is 19.6 Å². The number of guanidine groups is 1. The summed E-state index contributed by atoms with van der Waals surface area (Å²) in [6.45, 7) is 8.00. The van der Waals surface area contributed by atoms with Gasteiger partial charge in [-0.1, -0.05) is 17.7 Å². The highest BCUT2D eigenvalue weighted by Gasteiger charge is 2.11. The number of rotatable bonds is 8. The molecule has 0 aliphatic heterocycles. The lowest BCUT2D eigenvalue weighted by atomic mass is 10.1. The zero-order valence-corrected chi connectivity index (χ0v) is 18.2. The zero-order chi connectivity index (χ0) is 21.3. The molecule has 2 aromatic heterocycles. The van der Waals surface area contributed by atoms with E-state index < -0.39 is 0 Å². The number of hydrogen-bond donors (Lipinski definition) is 3. The Morgan fingerprint density at radius 3 is 2.60 bits per heavy atom. The number of nitrogens with one attached hydrogen (secondary N) is 3. The summed E-state index contributed by atoms with van der Waals surface area (Å²) in [5.74, 6) is 1.13. The number of hydrogen-bond acceptors (Lipinski definition) is 6. The minimum atomic E-state index is -0.107. The quantitative estimate of drug-likeness (QED) is 0.291. The molecule has 2 heterocycles. The van der Waals surface area contributed by atoms with Gasteiger partial charge in [0.1, 0.15) is 16.8 Å². The summed E-state index contributed by atoms with van der Waals surface area (Å²) in [6, 6.07) is 8.03. The average Bonchev–Trinajstić information content (AvgIpc) is 3.38. The molecule has 0 bridgehead atoms. The van der Waals surface area contributed by atoms with Gasteiger partial charge in [0.15, 0.2) is 5.96 Å². The number of carbonyl (C=O) groups is 1. The molecule has 0 aliphatic carbocycles. The van der Waals surface area contributed by atoms with E-state index in [0.29, 0.717) is 36.4 Å². The van der Waals surface area contributed by atoms with Gasteiger partial charge in [-0.2, -0.15) is 0 Å². The van der Waals surface area contributed by atoms with Gasteiger partial charge in [-0.05, 0) is 32.9 Å². The SMILES string of the molecule is CCNC(=NCc1coc(-c2ccc(C)cc2)n1)NCCNC(=O)c1scnc1C. The van der Waals surface area contributed by atoms with Gasteiger partial charge in [-0.25, -0.2) is 15.0 Å². The van der Waals surface area contributed by atoms with Crippen LogP contribution in [-0.4, -0.2) is 41.5 Å². The van der Waals surface area contributed by atoms with E-state index in [4.69, 9.17) is 4.42 Å². The molecule has 0 fully saturated rings. The maximum atomic E-state index is 12.1. The molecule has 0 spiro atoms. The smallest absolute Gasteiger partial charge is 0.263 e. The van der Waals surface area contributed by atoms with Gasteiger partial charge in [0.05, 0.1) is 17.7 Å². The van der Waals surface area contributed by atoms with Crippen molar-refractivity contribution in [1.29, 1.82) is 0 Å². The van der Waals surface area contributed by atoms with Crippen LogP contribution in [0.2, 0.25) is 0 Å². The molecule has 0 saturated carbocycles. The van der Waals surface area contributed by atoms with E-state index in [1.807, 2.05) is 45.0 Å². The number of aryl methyl sites for hydroxylation is 2. The molecule has 3 N–H and O–H groups in total. The van der Waals surface area contributed by atoms with E-state index in [1.165, 1.54) is 16.9 Å². The molecule has 9 heteroatoms. The number of oxazole rings is 1. The monoisotopic (exact) mass is 426 g/mol. The fourth-order valence-electron chi connectivity index (χ4n) is 2.67. The Kier molecular flexibility index (Phi) is 7.56. The van der Waals surface area contributed by atoms with Crippen molar-refractivity contribution in [3.05, 3.63) is 57.9 Å². The summed E-state index contributed by atoms with van der Waals surface area (Å²) in [5, 5.41) is 9.27. The molecule has 0 atom stereocenters. The van der Waals surface area contributed by atoms with Crippen molar-refractivity contribution in [2.24, 2.45) is 4.99 Å². The van der Waals surface area contributed by atoms with Crippen LogP contribution in [0.3, 0.4) is 0 Å². The van der Waals surface area contributed by atoms with Gasteiger partial charge >= 0.3 is 0 Å². The summed E-state index contributed by atoms with van der Waals surface area (Å²) in [7, 11) is 0. The number of benzene rings is 1. The second-order valence-electron chi connectivity index (χ2n) is 6.65. The summed E-state index contributed by atoms with van der Waals surface area (Å²) < 4.78 is 5.58. The van der Waals surface area contributed by atoms with Gasteiger partial charge < -0.3 is 20.4 Å². The average molecular weight is 427 g/mol. The van der Waals surface area contributed by atoms with Crippen LogP contribution in [-0.2, 0) is 6.54 Å². The van der Waals surface area contributed by atoms with E-state index in [9.17, 15) is 4.79 Å². The topological polar surface area (TPSA) is 104 Å². The highest BCUT2D eigenvalue weighted by molar-refractivity contribution is 7.11. The molecule has 0 unspecified atom stereocenters.